The molecule has 0 saturated carbocycles. The fraction of sp³-hybridized carbons (Fsp3) is 0.400. The van der Waals surface area contributed by atoms with E-state index in [1.165, 1.54) is 11.1 Å². The Morgan fingerprint density at radius 3 is 2.42 bits per heavy atom. The van der Waals surface area contributed by atoms with Gasteiger partial charge in [-0.15, -0.1) is 0 Å². The summed E-state index contributed by atoms with van der Waals surface area (Å²) in [4.78, 5) is 31.7. The minimum absolute atomic E-state index is 0.163. The van der Waals surface area contributed by atoms with E-state index in [1.807, 2.05) is 6.92 Å². The Bertz CT molecular complexity index is 465. The largest absolute Gasteiger partial charge is 0.368 e. The third-order valence-corrected chi connectivity index (χ3v) is 2.61. The van der Waals surface area contributed by atoms with Crippen molar-refractivity contribution in [1.82, 2.24) is 9.97 Å². The van der Waals surface area contributed by atoms with E-state index in [9.17, 15) is 9.59 Å². The molecule has 1 aromatic rings. The lowest BCUT2D eigenvalue weighted by Gasteiger charge is -2.21. The highest BCUT2D eigenvalue weighted by molar-refractivity contribution is 9.10. The van der Waals surface area contributed by atoms with Crippen LogP contribution in [0, 0.1) is 0 Å². The number of hydrogen-bond donors (Lipinski definition) is 3. The lowest BCUT2D eigenvalue weighted by Crippen LogP contribution is -2.40. The zero-order chi connectivity index (χ0) is 14.4. The molecule has 0 aliphatic rings. The molecule has 19 heavy (non-hydrogen) atoms. The summed E-state index contributed by atoms with van der Waals surface area (Å²) >= 11 is 3.26. The van der Waals surface area contributed by atoms with Crippen LogP contribution in [0.3, 0.4) is 0 Å². The Morgan fingerprint density at radius 2 is 1.95 bits per heavy atom. The summed E-state index contributed by atoms with van der Waals surface area (Å²) in [5.74, 6) is -0.406. The zero-order valence-corrected chi connectivity index (χ0v) is 12.0. The molecule has 0 aliphatic carbocycles. The molecule has 2 amide bonds. The van der Waals surface area contributed by atoms with Crippen molar-refractivity contribution in [3.05, 3.63) is 10.7 Å². The number of nitrogens with one attached hydrogen (secondary N) is 1. The normalized spacial score (nSPS) is 10.0. The molecule has 0 unspecified atom stereocenters. The van der Waals surface area contributed by atoms with Crippen molar-refractivity contribution in [3.63, 3.8) is 0 Å². The Hall–Kier alpha value is -1.90. The van der Waals surface area contributed by atoms with Crippen molar-refractivity contribution in [2.45, 2.75) is 6.92 Å². The first-order valence-electron chi connectivity index (χ1n) is 5.52. The van der Waals surface area contributed by atoms with Gasteiger partial charge in [0.15, 0.2) is 0 Å². The number of anilines is 2. The van der Waals surface area contributed by atoms with Gasteiger partial charge < -0.3 is 21.7 Å². The van der Waals surface area contributed by atoms with Crippen LogP contribution in [-0.4, -0.2) is 41.4 Å². The van der Waals surface area contributed by atoms with E-state index < -0.39 is 11.8 Å². The molecule has 0 radical (unpaired) electrons. The minimum atomic E-state index is -0.586. The summed E-state index contributed by atoms with van der Waals surface area (Å²) in [7, 11) is 0. The molecule has 0 aliphatic heterocycles. The summed E-state index contributed by atoms with van der Waals surface area (Å²) in [6.45, 7) is 2.22. The molecule has 104 valence electrons. The summed E-state index contributed by atoms with van der Waals surface area (Å²) in [5, 5.41) is 2.93. The van der Waals surface area contributed by atoms with Crippen molar-refractivity contribution in [2.24, 2.45) is 11.5 Å². The molecule has 0 saturated heterocycles. The summed E-state index contributed by atoms with van der Waals surface area (Å²) in [6.07, 6.45) is 1.52. The van der Waals surface area contributed by atoms with Gasteiger partial charge in [-0.05, 0) is 22.9 Å². The fourth-order valence-electron chi connectivity index (χ4n) is 1.41. The van der Waals surface area contributed by atoms with E-state index in [0.717, 1.165) is 0 Å². The summed E-state index contributed by atoms with van der Waals surface area (Å²) in [5.41, 5.74) is 10.3. The lowest BCUT2D eigenvalue weighted by molar-refractivity contribution is -0.117. The molecule has 0 spiro atoms. The Labute approximate surface area is 118 Å². The van der Waals surface area contributed by atoms with Crippen LogP contribution in [0.15, 0.2) is 10.7 Å². The number of nitrogens with two attached hydrogens (primary N) is 2. The quantitative estimate of drug-likeness (QED) is 0.615. The number of carbonyl (C=O) groups excluding carboxylic acids is 2. The third-order valence-electron chi connectivity index (χ3n) is 2.05. The average molecular weight is 331 g/mol. The molecule has 1 heterocycles. The van der Waals surface area contributed by atoms with E-state index >= 15 is 0 Å². The molecule has 1 rings (SSSR count). The predicted molar refractivity (Wildman–Crippen MR) is 74.5 cm³/mol. The van der Waals surface area contributed by atoms with Crippen LogP contribution >= 0.6 is 15.9 Å². The fourth-order valence-corrected chi connectivity index (χ4v) is 1.85. The monoisotopic (exact) mass is 330 g/mol. The van der Waals surface area contributed by atoms with Gasteiger partial charge in [-0.2, -0.15) is 4.98 Å². The first-order valence-corrected chi connectivity index (χ1v) is 6.31. The Morgan fingerprint density at radius 1 is 1.37 bits per heavy atom. The topological polar surface area (TPSA) is 127 Å². The number of amides is 2. The predicted octanol–water partition coefficient (Wildman–Crippen LogP) is -0.552. The number of nitrogens with zero attached hydrogens (tertiary/aromatic N) is 3. The molecule has 0 aromatic carbocycles. The first-order chi connectivity index (χ1) is 8.93. The second-order valence-corrected chi connectivity index (χ2v) is 4.54. The standard InChI is InChI=1S/C10H15BrN6O2/c1-2-14-10-15-3-6(11)9(16-10)17(4-7(12)18)5-8(13)19/h3H,2,4-5H2,1H3,(H2,12,18)(H2,13,19)(H,14,15,16). The molecule has 8 nitrogen and oxygen atoms in total. The van der Waals surface area contributed by atoms with Crippen LogP contribution in [0.5, 0.6) is 0 Å². The van der Waals surface area contributed by atoms with Gasteiger partial charge in [-0.25, -0.2) is 4.98 Å². The molecule has 0 bridgehead atoms. The second-order valence-electron chi connectivity index (χ2n) is 3.68. The van der Waals surface area contributed by atoms with Crippen LogP contribution in [0.2, 0.25) is 0 Å². The van der Waals surface area contributed by atoms with E-state index in [0.29, 0.717) is 22.8 Å². The second kappa shape index (κ2) is 6.88. The van der Waals surface area contributed by atoms with Gasteiger partial charge in [0, 0.05) is 12.7 Å². The molecule has 0 atom stereocenters. The highest BCUT2D eigenvalue weighted by Crippen LogP contribution is 2.23. The smallest absolute Gasteiger partial charge is 0.237 e. The zero-order valence-electron chi connectivity index (χ0n) is 10.4. The molecular weight excluding hydrogens is 316 g/mol. The maximum Gasteiger partial charge on any atom is 0.237 e. The van der Waals surface area contributed by atoms with Gasteiger partial charge in [-0.3, -0.25) is 9.59 Å². The van der Waals surface area contributed by atoms with Gasteiger partial charge in [0.1, 0.15) is 5.82 Å². The Kier molecular flexibility index (Phi) is 5.49. The number of halogens is 1. The van der Waals surface area contributed by atoms with Crippen LogP contribution in [0.4, 0.5) is 11.8 Å². The van der Waals surface area contributed by atoms with Crippen molar-refractivity contribution < 1.29 is 9.59 Å². The highest BCUT2D eigenvalue weighted by atomic mass is 79.9. The van der Waals surface area contributed by atoms with Crippen LogP contribution in [0.1, 0.15) is 6.92 Å². The lowest BCUT2D eigenvalue weighted by atomic mass is 10.4. The highest BCUT2D eigenvalue weighted by Gasteiger charge is 2.17. The van der Waals surface area contributed by atoms with E-state index in [1.54, 1.807) is 0 Å². The van der Waals surface area contributed by atoms with Crippen molar-refractivity contribution in [1.29, 1.82) is 0 Å². The van der Waals surface area contributed by atoms with Gasteiger partial charge in [-0.1, -0.05) is 0 Å². The van der Waals surface area contributed by atoms with Gasteiger partial charge in [0.2, 0.25) is 17.8 Å². The number of carbonyl (C=O) groups is 2. The number of primary amides is 2. The number of rotatable bonds is 7. The first kappa shape index (κ1) is 15.2. The number of aromatic nitrogens is 2. The summed E-state index contributed by atoms with van der Waals surface area (Å²) in [6, 6.07) is 0. The molecular formula is C10H15BrN6O2. The molecule has 5 N–H and O–H groups in total. The van der Waals surface area contributed by atoms with Crippen LogP contribution in [-0.2, 0) is 9.59 Å². The van der Waals surface area contributed by atoms with Crippen LogP contribution < -0.4 is 21.7 Å². The Balaban J connectivity index is 3.08. The van der Waals surface area contributed by atoms with E-state index in [-0.39, 0.29) is 13.1 Å². The van der Waals surface area contributed by atoms with Gasteiger partial charge >= 0.3 is 0 Å². The summed E-state index contributed by atoms with van der Waals surface area (Å²) < 4.78 is 0.539. The maximum absolute atomic E-state index is 11.0. The SMILES string of the molecule is CCNc1ncc(Br)c(N(CC(N)=O)CC(N)=O)n1. The molecule has 9 heteroatoms. The minimum Gasteiger partial charge on any atom is -0.368 e. The van der Waals surface area contributed by atoms with E-state index in [2.05, 4.69) is 31.2 Å². The average Bonchev–Trinajstić information content (AvgIpc) is 2.30. The molecule has 0 fully saturated rings. The number of hydrogen-bond acceptors (Lipinski definition) is 6. The van der Waals surface area contributed by atoms with Gasteiger partial charge in [0.05, 0.1) is 17.6 Å². The van der Waals surface area contributed by atoms with Crippen LogP contribution in [0.25, 0.3) is 0 Å². The molecule has 1 aromatic heterocycles. The van der Waals surface area contributed by atoms with E-state index in [4.69, 9.17) is 11.5 Å². The van der Waals surface area contributed by atoms with Crippen molar-refractivity contribution in [2.75, 3.05) is 29.9 Å². The maximum atomic E-state index is 11.0. The van der Waals surface area contributed by atoms with Crippen molar-refractivity contribution >= 4 is 39.5 Å². The van der Waals surface area contributed by atoms with Crippen molar-refractivity contribution in [3.8, 4) is 0 Å². The van der Waals surface area contributed by atoms with Gasteiger partial charge in [0.25, 0.3) is 0 Å². The third kappa shape index (κ3) is 4.70.